The summed E-state index contributed by atoms with van der Waals surface area (Å²) in [6.45, 7) is 8.46. The van der Waals surface area contributed by atoms with E-state index in [-0.39, 0.29) is 5.69 Å². The molecule has 0 aliphatic carbocycles. The molecule has 0 N–H and O–H groups in total. The van der Waals surface area contributed by atoms with Gasteiger partial charge in [0.05, 0.1) is 18.2 Å². The minimum Gasteiger partial charge on any atom is -0.273 e. The molecule has 0 fully saturated rings. The average molecular weight is 246 g/mol. The number of carbonyl (C=O) groups is 1. The molecular formula is C10H7BN2O3S. The van der Waals surface area contributed by atoms with E-state index in [1.165, 1.54) is 18.2 Å². The summed E-state index contributed by atoms with van der Waals surface area (Å²) in [5.41, 5.74) is 1.11. The van der Waals surface area contributed by atoms with Crippen LogP contribution in [0, 0.1) is 6.57 Å². The van der Waals surface area contributed by atoms with Crippen LogP contribution in [0.5, 0.6) is 0 Å². The SMILES string of the molecule is [B]S(=O)(=O)N1C(=O)C(C)c2cc([N+]#[C-])ccc21. The Morgan fingerprint density at radius 3 is 2.65 bits per heavy atom. The van der Waals surface area contributed by atoms with Crippen molar-refractivity contribution in [2.75, 3.05) is 4.31 Å². The summed E-state index contributed by atoms with van der Waals surface area (Å²) in [6, 6.07) is 4.39. The Balaban J connectivity index is 2.68. The molecule has 17 heavy (non-hydrogen) atoms. The van der Waals surface area contributed by atoms with Crippen LogP contribution in [0.4, 0.5) is 11.4 Å². The summed E-state index contributed by atoms with van der Waals surface area (Å²) in [4.78, 5) is 15.0. The molecule has 0 bridgehead atoms. The number of benzene rings is 1. The molecule has 0 saturated heterocycles. The zero-order chi connectivity index (χ0) is 12.8. The second-order valence-electron chi connectivity index (χ2n) is 3.72. The number of hydrogen-bond acceptors (Lipinski definition) is 3. The first-order valence-corrected chi connectivity index (χ1v) is 6.25. The summed E-state index contributed by atoms with van der Waals surface area (Å²) < 4.78 is 23.2. The van der Waals surface area contributed by atoms with Crippen molar-refractivity contribution in [3.63, 3.8) is 0 Å². The maximum Gasteiger partial charge on any atom is 0.286 e. The van der Waals surface area contributed by atoms with Crippen molar-refractivity contribution < 1.29 is 13.2 Å². The number of amides is 1. The zero-order valence-corrected chi connectivity index (χ0v) is 9.73. The minimum absolute atomic E-state index is 0.234. The van der Waals surface area contributed by atoms with Gasteiger partial charge in [-0.05, 0) is 18.6 Å². The van der Waals surface area contributed by atoms with Crippen LogP contribution in [0.2, 0.25) is 0 Å². The number of anilines is 1. The maximum atomic E-state index is 11.8. The van der Waals surface area contributed by atoms with Gasteiger partial charge < -0.3 is 0 Å². The Labute approximate surface area is 100 Å². The molecule has 1 heterocycles. The third-order valence-corrected chi connectivity index (χ3v) is 3.54. The number of fused-ring (bicyclic) bond motifs is 1. The van der Waals surface area contributed by atoms with Crippen molar-refractivity contribution in [1.82, 2.24) is 0 Å². The van der Waals surface area contributed by atoms with E-state index in [2.05, 4.69) is 4.85 Å². The van der Waals surface area contributed by atoms with Gasteiger partial charge in [0.25, 0.3) is 7.12 Å². The predicted octanol–water partition coefficient (Wildman–Crippen LogP) is 1.10. The van der Waals surface area contributed by atoms with Gasteiger partial charge in [0.1, 0.15) is 0 Å². The van der Waals surface area contributed by atoms with Crippen molar-refractivity contribution in [3.8, 4) is 0 Å². The lowest BCUT2D eigenvalue weighted by atomic mass is 10.0. The van der Waals surface area contributed by atoms with E-state index in [1.54, 1.807) is 6.92 Å². The molecule has 1 amide bonds. The monoisotopic (exact) mass is 246 g/mol. The smallest absolute Gasteiger partial charge is 0.273 e. The topological polar surface area (TPSA) is 58.8 Å². The van der Waals surface area contributed by atoms with E-state index in [0.717, 1.165) is 0 Å². The Morgan fingerprint density at radius 2 is 2.12 bits per heavy atom. The van der Waals surface area contributed by atoms with Gasteiger partial charge in [-0.15, -0.1) is 0 Å². The Kier molecular flexibility index (Phi) is 2.47. The van der Waals surface area contributed by atoms with Crippen molar-refractivity contribution in [2.45, 2.75) is 12.8 Å². The van der Waals surface area contributed by atoms with Gasteiger partial charge in [0.15, 0.2) is 15.6 Å². The second kappa shape index (κ2) is 3.60. The summed E-state index contributed by atoms with van der Waals surface area (Å²) in [6.07, 6.45) is 0. The fraction of sp³-hybridized carbons (Fsp3) is 0.200. The molecule has 1 unspecified atom stereocenters. The van der Waals surface area contributed by atoms with Crippen LogP contribution in [0.1, 0.15) is 18.4 Å². The first-order chi connectivity index (χ1) is 7.86. The molecule has 0 spiro atoms. The fourth-order valence-corrected chi connectivity index (χ4v) is 2.68. The molecule has 7 heteroatoms. The van der Waals surface area contributed by atoms with E-state index in [4.69, 9.17) is 13.7 Å². The molecule has 2 radical (unpaired) electrons. The van der Waals surface area contributed by atoms with Gasteiger partial charge >= 0.3 is 0 Å². The average Bonchev–Trinajstić information content (AvgIpc) is 2.51. The summed E-state index contributed by atoms with van der Waals surface area (Å²) in [5, 5.41) is 0. The van der Waals surface area contributed by atoms with E-state index in [9.17, 15) is 13.2 Å². The standard InChI is InChI=1S/C10H7BN2O3S/c1-6-8-5-7(12-2)3-4-9(8)13(10(6)14)17(11,15)16/h3-6H,1H3. The fourth-order valence-electron chi connectivity index (χ4n) is 1.83. The molecule has 5 nitrogen and oxygen atoms in total. The van der Waals surface area contributed by atoms with Gasteiger partial charge in [-0.2, -0.15) is 0 Å². The first-order valence-electron chi connectivity index (χ1n) is 4.74. The van der Waals surface area contributed by atoms with Crippen molar-refractivity contribution >= 4 is 34.3 Å². The molecule has 1 atom stereocenters. The predicted molar refractivity (Wildman–Crippen MR) is 63.3 cm³/mol. The molecular weight excluding hydrogens is 239 g/mol. The summed E-state index contributed by atoms with van der Waals surface area (Å²) in [5.74, 6) is -1.20. The van der Waals surface area contributed by atoms with E-state index in [0.29, 0.717) is 15.6 Å². The second-order valence-corrected chi connectivity index (χ2v) is 5.12. The molecule has 1 aromatic rings. The lowest BCUT2D eigenvalue weighted by molar-refractivity contribution is -0.117. The summed E-state index contributed by atoms with van der Waals surface area (Å²) in [7, 11) is 0.884. The molecule has 0 aromatic heterocycles. The van der Waals surface area contributed by atoms with Crippen molar-refractivity contribution in [2.24, 2.45) is 0 Å². The van der Waals surface area contributed by atoms with E-state index in [1.807, 2.05) is 0 Å². The number of carbonyl (C=O) groups excluding carboxylic acids is 1. The lowest BCUT2D eigenvalue weighted by Crippen LogP contribution is -2.34. The van der Waals surface area contributed by atoms with Gasteiger partial charge in [-0.3, -0.25) is 4.79 Å². The van der Waals surface area contributed by atoms with Crippen LogP contribution in [-0.2, 0) is 14.7 Å². The third-order valence-electron chi connectivity index (χ3n) is 2.65. The van der Waals surface area contributed by atoms with E-state index < -0.39 is 21.7 Å². The molecule has 1 aromatic carbocycles. The Morgan fingerprint density at radius 1 is 1.47 bits per heavy atom. The number of nitrogens with zero attached hydrogens (tertiary/aromatic N) is 2. The number of hydrogen-bond donors (Lipinski definition) is 0. The quantitative estimate of drug-likeness (QED) is 0.550. The molecule has 84 valence electrons. The molecule has 2 rings (SSSR count). The zero-order valence-electron chi connectivity index (χ0n) is 8.91. The molecule has 0 saturated carbocycles. The summed E-state index contributed by atoms with van der Waals surface area (Å²) >= 11 is 0. The van der Waals surface area contributed by atoms with Gasteiger partial charge in [0, 0.05) is 0 Å². The van der Waals surface area contributed by atoms with Crippen LogP contribution in [0.3, 0.4) is 0 Å². The van der Waals surface area contributed by atoms with Crippen LogP contribution in [-0.4, -0.2) is 21.4 Å². The Bertz CT molecular complexity index is 648. The molecule has 1 aliphatic heterocycles. The highest BCUT2D eigenvalue weighted by atomic mass is 32.2. The van der Waals surface area contributed by atoms with Crippen LogP contribution < -0.4 is 4.31 Å². The largest absolute Gasteiger partial charge is 0.286 e. The minimum atomic E-state index is -4.11. The Hall–Kier alpha value is -1.81. The van der Waals surface area contributed by atoms with Crippen LogP contribution in [0.15, 0.2) is 18.2 Å². The third kappa shape index (κ3) is 1.70. The maximum absolute atomic E-state index is 11.8. The van der Waals surface area contributed by atoms with Crippen molar-refractivity contribution in [1.29, 1.82) is 0 Å². The first kappa shape index (κ1) is 11.7. The van der Waals surface area contributed by atoms with Crippen LogP contribution in [0.25, 0.3) is 4.85 Å². The normalized spacial score (nSPS) is 18.9. The molecule has 1 aliphatic rings. The highest BCUT2D eigenvalue weighted by molar-refractivity contribution is 8.13. The highest BCUT2D eigenvalue weighted by Crippen LogP contribution is 2.40. The van der Waals surface area contributed by atoms with Crippen LogP contribution >= 0.6 is 0 Å². The van der Waals surface area contributed by atoms with Crippen molar-refractivity contribution in [3.05, 3.63) is 35.2 Å². The van der Waals surface area contributed by atoms with Gasteiger partial charge in [0.2, 0.25) is 5.91 Å². The van der Waals surface area contributed by atoms with Gasteiger partial charge in [-0.25, -0.2) is 17.6 Å². The highest BCUT2D eigenvalue weighted by Gasteiger charge is 2.38. The number of rotatable bonds is 1. The van der Waals surface area contributed by atoms with E-state index >= 15 is 0 Å². The lowest BCUT2D eigenvalue weighted by Gasteiger charge is -2.15. The van der Waals surface area contributed by atoms with Gasteiger partial charge in [-0.1, -0.05) is 12.1 Å².